The van der Waals surface area contributed by atoms with Crippen molar-refractivity contribution in [1.82, 2.24) is 4.57 Å². The van der Waals surface area contributed by atoms with Crippen LogP contribution in [0.15, 0.2) is 11.0 Å². The maximum absolute atomic E-state index is 14.2. The van der Waals surface area contributed by atoms with Crippen LogP contribution in [0.25, 0.3) is 10.9 Å². The highest BCUT2D eigenvalue weighted by Crippen LogP contribution is 2.35. The van der Waals surface area contributed by atoms with E-state index in [0.717, 1.165) is 0 Å². The monoisotopic (exact) mass is 338 g/mol. The number of halogens is 2. The number of rotatable bonds is 2. The van der Waals surface area contributed by atoms with E-state index in [-0.39, 0.29) is 35.4 Å². The van der Waals surface area contributed by atoms with Gasteiger partial charge in [0, 0.05) is 12.7 Å². The van der Waals surface area contributed by atoms with Crippen molar-refractivity contribution in [3.05, 3.63) is 33.6 Å². The summed E-state index contributed by atoms with van der Waals surface area (Å²) < 4.78 is 40.0. The van der Waals surface area contributed by atoms with Gasteiger partial charge in [0.15, 0.2) is 11.6 Å². The Hall–Kier alpha value is -2.64. The predicted octanol–water partition coefficient (Wildman–Crippen LogP) is 2.21. The number of nitrogens with two attached hydrogens (primary N) is 1. The second-order valence-electron chi connectivity index (χ2n) is 5.44. The predicted molar refractivity (Wildman–Crippen MR) is 83.2 cm³/mol. The molecule has 128 valence electrons. The third-order valence-electron chi connectivity index (χ3n) is 3.93. The van der Waals surface area contributed by atoms with E-state index in [4.69, 9.17) is 15.2 Å². The van der Waals surface area contributed by atoms with Gasteiger partial charge in [-0.2, -0.15) is 4.39 Å². The van der Waals surface area contributed by atoms with E-state index in [1.54, 1.807) is 6.92 Å². The Balaban J connectivity index is 2.45. The average molecular weight is 338 g/mol. The smallest absolute Gasteiger partial charge is 0.343 e. The first-order chi connectivity index (χ1) is 11.5. The van der Waals surface area contributed by atoms with Crippen LogP contribution < -0.4 is 15.9 Å². The van der Waals surface area contributed by atoms with Crippen molar-refractivity contribution >= 4 is 22.6 Å². The molecule has 3 rings (SSSR count). The lowest BCUT2D eigenvalue weighted by Gasteiger charge is -2.21. The van der Waals surface area contributed by atoms with Crippen molar-refractivity contribution in [1.29, 1.82) is 0 Å². The number of benzene rings is 1. The molecule has 0 saturated heterocycles. The number of hydrogen-bond donors (Lipinski definition) is 1. The molecule has 0 radical (unpaired) electrons. The second-order valence-corrected chi connectivity index (χ2v) is 5.44. The zero-order chi connectivity index (χ0) is 17.4. The van der Waals surface area contributed by atoms with Gasteiger partial charge in [-0.25, -0.2) is 9.18 Å². The lowest BCUT2D eigenvalue weighted by atomic mass is 10.1. The summed E-state index contributed by atoms with van der Waals surface area (Å²) in [5.41, 5.74) is 3.98. The molecule has 8 heteroatoms. The van der Waals surface area contributed by atoms with Crippen LogP contribution >= 0.6 is 0 Å². The summed E-state index contributed by atoms with van der Waals surface area (Å²) in [6.07, 6.45) is 2.59. The Bertz CT molecular complexity index is 892. The summed E-state index contributed by atoms with van der Waals surface area (Å²) in [6, 6.07) is 0. The van der Waals surface area contributed by atoms with Crippen LogP contribution in [0.4, 0.5) is 14.5 Å². The summed E-state index contributed by atoms with van der Waals surface area (Å²) in [4.78, 5) is 24.7. The van der Waals surface area contributed by atoms with Crippen molar-refractivity contribution in [3.8, 4) is 5.75 Å². The van der Waals surface area contributed by atoms with Crippen LogP contribution in [-0.4, -0.2) is 23.8 Å². The Kier molecular flexibility index (Phi) is 4.13. The van der Waals surface area contributed by atoms with Crippen molar-refractivity contribution in [2.24, 2.45) is 0 Å². The van der Waals surface area contributed by atoms with E-state index < -0.39 is 28.7 Å². The van der Waals surface area contributed by atoms with Gasteiger partial charge in [-0.1, -0.05) is 0 Å². The lowest BCUT2D eigenvalue weighted by Crippen LogP contribution is -2.24. The van der Waals surface area contributed by atoms with Crippen molar-refractivity contribution in [3.63, 3.8) is 0 Å². The summed E-state index contributed by atoms with van der Waals surface area (Å²) >= 11 is 0. The van der Waals surface area contributed by atoms with Crippen LogP contribution in [0.2, 0.25) is 0 Å². The highest BCUT2D eigenvalue weighted by molar-refractivity contribution is 6.00. The Labute approximate surface area is 135 Å². The van der Waals surface area contributed by atoms with Crippen LogP contribution in [-0.2, 0) is 11.3 Å². The average Bonchev–Trinajstić information content (AvgIpc) is 2.53. The lowest BCUT2D eigenvalue weighted by molar-refractivity contribution is 0.0524. The quantitative estimate of drug-likeness (QED) is 0.670. The molecule has 1 aromatic carbocycles. The molecule has 2 aromatic rings. The van der Waals surface area contributed by atoms with Gasteiger partial charge >= 0.3 is 5.97 Å². The molecule has 0 unspecified atom stereocenters. The molecule has 0 fully saturated rings. The standard InChI is InChI=1S/C16H16F2N2O4/c1-2-23-16(22)8-7-20-5-3-4-6-24-15-11(18)10(17)12(19)9(13(15)20)14(8)21/h7H,2-6,19H2,1H3. The number of pyridine rings is 1. The first kappa shape index (κ1) is 16.2. The minimum atomic E-state index is -1.36. The number of nitrogens with zero attached hydrogens (tertiary/aromatic N) is 1. The van der Waals surface area contributed by atoms with Gasteiger partial charge in [-0.3, -0.25) is 4.79 Å². The van der Waals surface area contributed by atoms with E-state index in [9.17, 15) is 18.4 Å². The van der Waals surface area contributed by atoms with E-state index in [1.807, 2.05) is 0 Å². The number of aryl methyl sites for hydroxylation is 1. The number of nitrogen functional groups attached to an aromatic ring is 1. The third kappa shape index (κ3) is 2.38. The molecule has 24 heavy (non-hydrogen) atoms. The second kappa shape index (κ2) is 6.10. The Morgan fingerprint density at radius 1 is 1.38 bits per heavy atom. The van der Waals surface area contributed by atoms with E-state index in [2.05, 4.69) is 0 Å². The van der Waals surface area contributed by atoms with Gasteiger partial charge in [0.25, 0.3) is 0 Å². The van der Waals surface area contributed by atoms with Gasteiger partial charge in [0.1, 0.15) is 11.1 Å². The largest absolute Gasteiger partial charge is 0.488 e. The first-order valence-electron chi connectivity index (χ1n) is 7.60. The molecule has 0 atom stereocenters. The van der Waals surface area contributed by atoms with E-state index in [0.29, 0.717) is 19.4 Å². The molecule has 0 saturated carbocycles. The number of aromatic nitrogens is 1. The molecule has 0 aliphatic carbocycles. The fourth-order valence-electron chi connectivity index (χ4n) is 2.81. The summed E-state index contributed by atoms with van der Waals surface area (Å²) in [5.74, 6) is -3.78. The molecule has 0 bridgehead atoms. The number of carbonyl (C=O) groups is 1. The van der Waals surface area contributed by atoms with Gasteiger partial charge in [0.05, 0.1) is 24.3 Å². The summed E-state index contributed by atoms with van der Waals surface area (Å²) in [5, 5.41) is -0.267. The van der Waals surface area contributed by atoms with Crippen LogP contribution in [0.5, 0.6) is 5.75 Å². The Morgan fingerprint density at radius 3 is 2.83 bits per heavy atom. The van der Waals surface area contributed by atoms with Crippen molar-refractivity contribution in [2.45, 2.75) is 26.3 Å². The van der Waals surface area contributed by atoms with Crippen LogP contribution in [0.3, 0.4) is 0 Å². The molecule has 2 N–H and O–H groups in total. The molecular weight excluding hydrogens is 322 g/mol. The van der Waals surface area contributed by atoms with Crippen LogP contribution in [0, 0.1) is 11.6 Å². The summed E-state index contributed by atoms with van der Waals surface area (Å²) in [6.45, 7) is 2.29. The number of carbonyl (C=O) groups excluding carboxylic acids is 1. The number of anilines is 1. The minimum Gasteiger partial charge on any atom is -0.488 e. The number of ether oxygens (including phenoxy) is 2. The fraction of sp³-hybridized carbons (Fsp3) is 0.375. The van der Waals surface area contributed by atoms with Gasteiger partial charge in [-0.15, -0.1) is 0 Å². The van der Waals surface area contributed by atoms with Gasteiger partial charge in [0.2, 0.25) is 11.2 Å². The third-order valence-corrected chi connectivity index (χ3v) is 3.93. The maximum Gasteiger partial charge on any atom is 0.343 e. The topological polar surface area (TPSA) is 83.5 Å². The van der Waals surface area contributed by atoms with E-state index in [1.165, 1.54) is 10.8 Å². The SMILES string of the molecule is CCOC(=O)c1cn2c3c(c(F)c(F)c(N)c3c1=O)OCCCC2. The van der Waals surface area contributed by atoms with Crippen molar-refractivity contribution < 1.29 is 23.0 Å². The van der Waals surface area contributed by atoms with Gasteiger partial charge in [-0.05, 0) is 19.8 Å². The fourth-order valence-corrected chi connectivity index (χ4v) is 2.81. The zero-order valence-corrected chi connectivity index (χ0v) is 13.0. The minimum absolute atomic E-state index is 0.0594. The molecule has 1 aliphatic heterocycles. The number of hydrogen-bond acceptors (Lipinski definition) is 5. The molecule has 2 heterocycles. The van der Waals surface area contributed by atoms with Crippen molar-refractivity contribution in [2.75, 3.05) is 18.9 Å². The highest BCUT2D eigenvalue weighted by atomic mass is 19.2. The molecular formula is C16H16F2N2O4. The van der Waals surface area contributed by atoms with E-state index >= 15 is 0 Å². The molecule has 1 aromatic heterocycles. The van der Waals surface area contributed by atoms with Crippen LogP contribution in [0.1, 0.15) is 30.1 Å². The number of esters is 1. The van der Waals surface area contributed by atoms with Gasteiger partial charge < -0.3 is 19.8 Å². The maximum atomic E-state index is 14.2. The zero-order valence-electron chi connectivity index (χ0n) is 13.0. The normalized spacial score (nSPS) is 14.0. The molecule has 1 aliphatic rings. The summed E-state index contributed by atoms with van der Waals surface area (Å²) in [7, 11) is 0. The first-order valence-corrected chi connectivity index (χ1v) is 7.60. The molecule has 0 spiro atoms. The Morgan fingerprint density at radius 2 is 2.12 bits per heavy atom. The molecule has 0 amide bonds. The highest BCUT2D eigenvalue weighted by Gasteiger charge is 2.27. The molecule has 6 nitrogen and oxygen atoms in total.